The Morgan fingerprint density at radius 2 is 2.18 bits per heavy atom. The third-order valence-electron chi connectivity index (χ3n) is 3.74. The van der Waals surface area contributed by atoms with Gasteiger partial charge >= 0.3 is 0 Å². The molecule has 1 aromatic rings. The molecule has 2 aliphatic rings. The van der Waals surface area contributed by atoms with Crippen molar-refractivity contribution in [3.8, 4) is 12.3 Å². The normalized spacial score (nSPS) is 30.8. The van der Waals surface area contributed by atoms with Crippen LogP contribution in [0.2, 0.25) is 0 Å². The molecule has 0 unspecified atom stereocenters. The van der Waals surface area contributed by atoms with Crippen molar-refractivity contribution in [1.29, 1.82) is 0 Å². The number of fused-ring (bicyclic) bond motifs is 1. The molecule has 0 bridgehead atoms. The topological polar surface area (TPSA) is 124 Å². The first kappa shape index (κ1) is 14.8. The van der Waals surface area contributed by atoms with E-state index in [0.717, 1.165) is 0 Å². The van der Waals surface area contributed by atoms with E-state index in [1.807, 2.05) is 0 Å². The molecule has 0 amide bonds. The van der Waals surface area contributed by atoms with Gasteiger partial charge in [-0.1, -0.05) is 5.92 Å². The van der Waals surface area contributed by atoms with E-state index in [4.69, 9.17) is 16.3 Å². The molecule has 1 aromatic heterocycles. The van der Waals surface area contributed by atoms with Crippen molar-refractivity contribution < 1.29 is 25.2 Å². The maximum absolute atomic E-state index is 10.1. The average Bonchev–Trinajstić information content (AvgIpc) is 3.05. The summed E-state index contributed by atoms with van der Waals surface area (Å²) in [7, 11) is 0. The van der Waals surface area contributed by atoms with Gasteiger partial charge in [0, 0.05) is 0 Å². The molecule has 0 spiro atoms. The Hall–Kier alpha value is -2.12. The molecule has 4 N–H and O–H groups in total. The van der Waals surface area contributed by atoms with E-state index in [1.54, 1.807) is 0 Å². The summed E-state index contributed by atoms with van der Waals surface area (Å²) in [5.74, 6) is 2.31. The first-order chi connectivity index (χ1) is 10.6. The van der Waals surface area contributed by atoms with Gasteiger partial charge in [-0.05, 0) is 0 Å². The standard InChI is InChI=1S/C13H16N4O5/c1-2-3-16-5-15-11-8(12(16)21)14-6-17(11)13-10(20)9(19)7(4-18)22-13/h1,6-7,9-10,13,18-21H,3-5H2/t7-,9-,10-,13-/m1/s1. The van der Waals surface area contributed by atoms with Crippen LogP contribution in [0.1, 0.15) is 6.23 Å². The third kappa shape index (κ3) is 2.13. The predicted octanol–water partition coefficient (Wildman–Crippen LogP) is -3.36. The monoisotopic (exact) mass is 308 g/mol. The quantitative estimate of drug-likeness (QED) is 0.430. The second-order valence-corrected chi connectivity index (χ2v) is 5.08. The van der Waals surface area contributed by atoms with Gasteiger partial charge in [0.2, 0.25) is 5.88 Å². The molecule has 22 heavy (non-hydrogen) atoms. The van der Waals surface area contributed by atoms with Crippen LogP contribution >= 0.6 is 0 Å². The van der Waals surface area contributed by atoms with Crippen molar-refractivity contribution in [3.63, 3.8) is 0 Å². The van der Waals surface area contributed by atoms with Crippen molar-refractivity contribution in [2.45, 2.75) is 24.5 Å². The molecular formula is C13H16N4O5. The summed E-state index contributed by atoms with van der Waals surface area (Å²) >= 11 is 0. The van der Waals surface area contributed by atoms with Crippen LogP contribution in [0.15, 0.2) is 11.3 Å². The van der Waals surface area contributed by atoms with Gasteiger partial charge in [-0.2, -0.15) is 0 Å². The third-order valence-corrected chi connectivity index (χ3v) is 3.74. The lowest BCUT2D eigenvalue weighted by molar-refractivity contribution is -0.0546. The van der Waals surface area contributed by atoms with Gasteiger partial charge in [0.05, 0.1) is 19.5 Å². The fourth-order valence-electron chi connectivity index (χ4n) is 2.57. The maximum Gasteiger partial charge on any atom is 0.219 e. The van der Waals surface area contributed by atoms with Gasteiger partial charge in [0.15, 0.2) is 17.1 Å². The van der Waals surface area contributed by atoms with Crippen molar-refractivity contribution in [1.82, 2.24) is 14.5 Å². The molecule has 0 aliphatic carbocycles. The molecule has 9 nitrogen and oxygen atoms in total. The summed E-state index contributed by atoms with van der Waals surface area (Å²) in [4.78, 5) is 9.80. The highest BCUT2D eigenvalue weighted by atomic mass is 16.6. The van der Waals surface area contributed by atoms with E-state index >= 15 is 0 Å². The van der Waals surface area contributed by atoms with E-state index in [-0.39, 0.29) is 24.4 Å². The van der Waals surface area contributed by atoms with Crippen molar-refractivity contribution in [2.24, 2.45) is 4.99 Å². The Labute approximate surface area is 125 Å². The Morgan fingerprint density at radius 1 is 1.41 bits per heavy atom. The number of hydrogen-bond acceptors (Lipinski definition) is 8. The summed E-state index contributed by atoms with van der Waals surface area (Å²) in [6.45, 7) is -0.0882. The number of aliphatic hydroxyl groups is 4. The SMILES string of the molecule is C#CCN1CN=c2c(ncn2[C@@H]2O[C@H](CO)[C@@H](O)[C@H]2O)=C1O. The van der Waals surface area contributed by atoms with Crippen LogP contribution in [-0.2, 0) is 4.74 Å². The van der Waals surface area contributed by atoms with E-state index in [2.05, 4.69) is 15.9 Å². The number of imidazole rings is 1. The summed E-state index contributed by atoms with van der Waals surface area (Å²) in [6.07, 6.45) is 2.28. The highest BCUT2D eigenvalue weighted by Gasteiger charge is 2.43. The second-order valence-electron chi connectivity index (χ2n) is 5.08. The minimum atomic E-state index is -1.24. The molecule has 3 rings (SSSR count). The smallest absolute Gasteiger partial charge is 0.219 e. The molecule has 0 radical (unpaired) electrons. The summed E-state index contributed by atoms with van der Waals surface area (Å²) in [5.41, 5.74) is 0.320. The highest BCUT2D eigenvalue weighted by Crippen LogP contribution is 2.27. The Morgan fingerprint density at radius 3 is 2.82 bits per heavy atom. The lowest BCUT2D eigenvalue weighted by atomic mass is 10.1. The Balaban J connectivity index is 2.00. The predicted molar refractivity (Wildman–Crippen MR) is 72.5 cm³/mol. The van der Waals surface area contributed by atoms with E-state index < -0.39 is 31.1 Å². The largest absolute Gasteiger partial charge is 0.493 e. The fraction of sp³-hybridized carbons (Fsp3) is 0.538. The number of hydrogen-bond donors (Lipinski definition) is 4. The van der Waals surface area contributed by atoms with Gasteiger partial charge in [-0.25, -0.2) is 9.98 Å². The molecule has 3 heterocycles. The van der Waals surface area contributed by atoms with Crippen molar-refractivity contribution in [3.05, 3.63) is 17.2 Å². The van der Waals surface area contributed by atoms with Gasteiger partial charge in [-0.3, -0.25) is 4.57 Å². The van der Waals surface area contributed by atoms with Crippen LogP contribution in [0.25, 0.3) is 5.88 Å². The first-order valence-electron chi connectivity index (χ1n) is 6.70. The molecule has 0 aromatic carbocycles. The zero-order valence-electron chi connectivity index (χ0n) is 11.6. The van der Waals surface area contributed by atoms with Gasteiger partial charge in [0.25, 0.3) is 0 Å². The molecule has 2 aliphatic heterocycles. The van der Waals surface area contributed by atoms with Crippen LogP contribution in [0, 0.1) is 12.3 Å². The minimum Gasteiger partial charge on any atom is -0.493 e. The molecule has 1 saturated heterocycles. The Bertz CT molecular complexity index is 724. The van der Waals surface area contributed by atoms with E-state index in [1.165, 1.54) is 15.8 Å². The van der Waals surface area contributed by atoms with Crippen LogP contribution in [0.4, 0.5) is 0 Å². The molecule has 4 atom stereocenters. The second kappa shape index (κ2) is 5.58. The number of ether oxygens (including phenoxy) is 1. The van der Waals surface area contributed by atoms with Gasteiger partial charge in [-0.15, -0.1) is 6.42 Å². The number of nitrogens with zero attached hydrogens (tertiary/aromatic N) is 4. The lowest BCUT2D eigenvalue weighted by Crippen LogP contribution is -2.45. The molecule has 9 heteroatoms. The van der Waals surface area contributed by atoms with Crippen molar-refractivity contribution >= 4 is 5.88 Å². The van der Waals surface area contributed by atoms with Crippen molar-refractivity contribution in [2.75, 3.05) is 19.8 Å². The summed E-state index contributed by atoms with van der Waals surface area (Å²) in [6, 6.07) is 0. The van der Waals surface area contributed by atoms with Crippen LogP contribution in [0.5, 0.6) is 0 Å². The van der Waals surface area contributed by atoms with Gasteiger partial charge < -0.3 is 30.1 Å². The average molecular weight is 308 g/mol. The molecular weight excluding hydrogens is 292 g/mol. The van der Waals surface area contributed by atoms with Gasteiger partial charge in [0.1, 0.15) is 25.0 Å². The molecule has 1 fully saturated rings. The fourth-order valence-corrected chi connectivity index (χ4v) is 2.57. The number of terminal acetylenes is 1. The Kier molecular flexibility index (Phi) is 3.76. The number of rotatable bonds is 3. The van der Waals surface area contributed by atoms with Crippen LogP contribution in [-0.4, -0.2) is 73.0 Å². The first-order valence-corrected chi connectivity index (χ1v) is 6.70. The summed E-state index contributed by atoms with van der Waals surface area (Å²) < 4.78 is 6.85. The summed E-state index contributed by atoms with van der Waals surface area (Å²) in [5, 5.41) is 39.4. The zero-order chi connectivity index (χ0) is 15.9. The van der Waals surface area contributed by atoms with Crippen LogP contribution in [0.3, 0.4) is 0 Å². The molecule has 0 saturated carbocycles. The van der Waals surface area contributed by atoms with E-state index in [0.29, 0.717) is 5.49 Å². The number of aliphatic hydroxyl groups excluding tert-OH is 4. The molecule has 118 valence electrons. The highest BCUT2D eigenvalue weighted by molar-refractivity contribution is 5.31. The number of aromatic nitrogens is 2. The van der Waals surface area contributed by atoms with Crippen LogP contribution < -0.4 is 10.8 Å². The maximum atomic E-state index is 10.1. The minimum absolute atomic E-state index is 0.103. The van der Waals surface area contributed by atoms with E-state index in [9.17, 15) is 15.3 Å². The zero-order valence-corrected chi connectivity index (χ0v) is 11.6. The lowest BCUT2D eigenvalue weighted by Gasteiger charge is -2.21.